The summed E-state index contributed by atoms with van der Waals surface area (Å²) in [5.41, 5.74) is 0. The predicted molar refractivity (Wildman–Crippen MR) is 49.2 cm³/mol. The van der Waals surface area contributed by atoms with Gasteiger partial charge in [-0.2, -0.15) is 0 Å². The van der Waals surface area contributed by atoms with Gasteiger partial charge in [0, 0.05) is 12.6 Å². The summed E-state index contributed by atoms with van der Waals surface area (Å²) in [6.45, 7) is 4.20. The summed E-state index contributed by atoms with van der Waals surface area (Å²) in [6, 6.07) is 0.766. The third-order valence-corrected chi connectivity index (χ3v) is 2.89. The molecule has 2 rings (SSSR count). The highest BCUT2D eigenvalue weighted by molar-refractivity contribution is 4.88. The van der Waals surface area contributed by atoms with Gasteiger partial charge < -0.3 is 10.1 Å². The average Bonchev–Trinajstić information content (AvgIpc) is 2.76. The van der Waals surface area contributed by atoms with Gasteiger partial charge in [-0.3, -0.25) is 0 Å². The molecule has 70 valence electrons. The van der Waals surface area contributed by atoms with Crippen LogP contribution in [0.3, 0.4) is 0 Å². The van der Waals surface area contributed by atoms with Gasteiger partial charge in [0.05, 0.1) is 6.10 Å². The molecule has 1 N–H and O–H groups in total. The average molecular weight is 169 g/mol. The van der Waals surface area contributed by atoms with E-state index in [2.05, 4.69) is 12.2 Å². The Morgan fingerprint density at radius 1 is 1.33 bits per heavy atom. The Bertz CT molecular complexity index is 139. The molecule has 0 saturated heterocycles. The molecule has 0 aromatic carbocycles. The molecule has 0 spiro atoms. The van der Waals surface area contributed by atoms with Crippen LogP contribution >= 0.6 is 0 Å². The molecule has 0 atom stereocenters. The standard InChI is InChI=1S/C10H19NO/c1-2-12-10-5-9(6-10)11-7-8-3-4-8/h8-11H,2-7H2,1H3. The molecule has 12 heavy (non-hydrogen) atoms. The van der Waals surface area contributed by atoms with E-state index in [0.29, 0.717) is 6.10 Å². The first kappa shape index (κ1) is 8.52. The first-order valence-corrected chi connectivity index (χ1v) is 5.23. The van der Waals surface area contributed by atoms with E-state index in [-0.39, 0.29) is 0 Å². The van der Waals surface area contributed by atoms with Crippen molar-refractivity contribution in [1.29, 1.82) is 0 Å². The topological polar surface area (TPSA) is 21.3 Å². The summed E-state index contributed by atoms with van der Waals surface area (Å²) in [7, 11) is 0. The van der Waals surface area contributed by atoms with Crippen LogP contribution < -0.4 is 5.32 Å². The van der Waals surface area contributed by atoms with Crippen molar-refractivity contribution in [2.75, 3.05) is 13.2 Å². The van der Waals surface area contributed by atoms with E-state index in [1.54, 1.807) is 0 Å². The number of rotatable bonds is 5. The lowest BCUT2D eigenvalue weighted by molar-refractivity contribution is -0.00993. The van der Waals surface area contributed by atoms with Crippen molar-refractivity contribution in [3.8, 4) is 0 Å². The Balaban J connectivity index is 1.49. The summed E-state index contributed by atoms with van der Waals surface area (Å²) in [5.74, 6) is 1.01. The fourth-order valence-electron chi connectivity index (χ4n) is 1.76. The monoisotopic (exact) mass is 169 g/mol. The number of ether oxygens (including phenoxy) is 1. The summed E-state index contributed by atoms with van der Waals surface area (Å²) >= 11 is 0. The van der Waals surface area contributed by atoms with Crippen LogP contribution in [-0.2, 0) is 4.74 Å². The molecule has 0 radical (unpaired) electrons. The molecule has 0 aromatic rings. The van der Waals surface area contributed by atoms with Gasteiger partial charge in [0.2, 0.25) is 0 Å². The minimum Gasteiger partial charge on any atom is -0.378 e. The molecule has 0 heterocycles. The zero-order chi connectivity index (χ0) is 8.39. The van der Waals surface area contributed by atoms with Crippen LogP contribution in [0.4, 0.5) is 0 Å². The Morgan fingerprint density at radius 3 is 2.67 bits per heavy atom. The molecule has 2 saturated carbocycles. The van der Waals surface area contributed by atoms with E-state index < -0.39 is 0 Å². The molecular weight excluding hydrogens is 150 g/mol. The molecule has 2 heteroatoms. The van der Waals surface area contributed by atoms with Crippen LogP contribution in [0.1, 0.15) is 32.6 Å². The number of hydrogen-bond acceptors (Lipinski definition) is 2. The second-order valence-corrected chi connectivity index (χ2v) is 4.10. The Kier molecular flexibility index (Phi) is 2.66. The third kappa shape index (κ3) is 2.20. The zero-order valence-electron chi connectivity index (χ0n) is 7.88. The highest BCUT2D eigenvalue weighted by Gasteiger charge is 2.30. The minimum atomic E-state index is 0.562. The fraction of sp³-hybridized carbons (Fsp3) is 1.00. The maximum atomic E-state index is 5.49. The lowest BCUT2D eigenvalue weighted by Gasteiger charge is -2.35. The number of nitrogens with one attached hydrogen (secondary N) is 1. The van der Waals surface area contributed by atoms with Gasteiger partial charge in [-0.25, -0.2) is 0 Å². The lowest BCUT2D eigenvalue weighted by atomic mass is 9.89. The molecule has 0 bridgehead atoms. The van der Waals surface area contributed by atoms with Crippen molar-refractivity contribution in [3.63, 3.8) is 0 Å². The summed E-state index contributed by atoms with van der Waals surface area (Å²) in [5, 5.41) is 3.59. The predicted octanol–water partition coefficient (Wildman–Crippen LogP) is 1.55. The maximum absolute atomic E-state index is 5.49. The van der Waals surface area contributed by atoms with E-state index in [1.807, 2.05) is 0 Å². The number of hydrogen-bond donors (Lipinski definition) is 1. The smallest absolute Gasteiger partial charge is 0.0604 e. The molecule has 0 aliphatic heterocycles. The van der Waals surface area contributed by atoms with Crippen molar-refractivity contribution >= 4 is 0 Å². The summed E-state index contributed by atoms with van der Waals surface area (Å²) < 4.78 is 5.49. The van der Waals surface area contributed by atoms with Gasteiger partial charge >= 0.3 is 0 Å². The summed E-state index contributed by atoms with van der Waals surface area (Å²) in [6.07, 6.45) is 5.94. The van der Waals surface area contributed by atoms with E-state index in [4.69, 9.17) is 4.74 Å². The van der Waals surface area contributed by atoms with Gasteiger partial charge in [0.15, 0.2) is 0 Å². The second-order valence-electron chi connectivity index (χ2n) is 4.10. The quantitative estimate of drug-likeness (QED) is 0.674. The van der Waals surface area contributed by atoms with Crippen molar-refractivity contribution in [2.24, 2.45) is 5.92 Å². The van der Waals surface area contributed by atoms with Crippen LogP contribution in [0.25, 0.3) is 0 Å². The normalized spacial score (nSPS) is 34.8. The van der Waals surface area contributed by atoms with Gasteiger partial charge in [-0.15, -0.1) is 0 Å². The molecule has 2 aliphatic carbocycles. The lowest BCUT2D eigenvalue weighted by Crippen LogP contribution is -2.46. The van der Waals surface area contributed by atoms with Crippen molar-refractivity contribution in [1.82, 2.24) is 5.32 Å². The van der Waals surface area contributed by atoms with Gasteiger partial charge in [-0.1, -0.05) is 0 Å². The van der Waals surface area contributed by atoms with Crippen molar-refractivity contribution in [2.45, 2.75) is 44.8 Å². The van der Waals surface area contributed by atoms with Crippen LogP contribution in [0.2, 0.25) is 0 Å². The molecule has 2 nitrogen and oxygen atoms in total. The fourth-order valence-corrected chi connectivity index (χ4v) is 1.76. The summed E-state index contributed by atoms with van der Waals surface area (Å²) in [4.78, 5) is 0. The first-order valence-electron chi connectivity index (χ1n) is 5.23. The molecule has 0 unspecified atom stereocenters. The Labute approximate surface area is 74.7 Å². The van der Waals surface area contributed by atoms with E-state index >= 15 is 0 Å². The molecular formula is C10H19NO. The zero-order valence-corrected chi connectivity index (χ0v) is 7.88. The minimum absolute atomic E-state index is 0.562. The third-order valence-electron chi connectivity index (χ3n) is 2.89. The van der Waals surface area contributed by atoms with Gasteiger partial charge in [0.1, 0.15) is 0 Å². The van der Waals surface area contributed by atoms with Crippen molar-refractivity contribution in [3.05, 3.63) is 0 Å². The molecule has 0 amide bonds. The largest absolute Gasteiger partial charge is 0.378 e. The molecule has 2 aliphatic rings. The van der Waals surface area contributed by atoms with E-state index in [0.717, 1.165) is 18.6 Å². The first-order chi connectivity index (χ1) is 5.88. The SMILES string of the molecule is CCOC1CC(NCC2CC2)C1. The van der Waals surface area contributed by atoms with Crippen LogP contribution in [0.5, 0.6) is 0 Å². The van der Waals surface area contributed by atoms with Crippen LogP contribution in [-0.4, -0.2) is 25.3 Å². The molecule has 0 aromatic heterocycles. The van der Waals surface area contributed by atoms with Crippen LogP contribution in [0.15, 0.2) is 0 Å². The highest BCUT2D eigenvalue weighted by atomic mass is 16.5. The van der Waals surface area contributed by atoms with Crippen LogP contribution in [0, 0.1) is 5.92 Å². The van der Waals surface area contributed by atoms with E-state index in [1.165, 1.54) is 32.2 Å². The second kappa shape index (κ2) is 3.75. The van der Waals surface area contributed by atoms with Gasteiger partial charge in [-0.05, 0) is 45.1 Å². The van der Waals surface area contributed by atoms with Crippen molar-refractivity contribution < 1.29 is 4.74 Å². The van der Waals surface area contributed by atoms with E-state index in [9.17, 15) is 0 Å². The Morgan fingerprint density at radius 2 is 2.08 bits per heavy atom. The Hall–Kier alpha value is -0.0800. The molecule has 2 fully saturated rings. The maximum Gasteiger partial charge on any atom is 0.0604 e. The highest BCUT2D eigenvalue weighted by Crippen LogP contribution is 2.29. The van der Waals surface area contributed by atoms with Gasteiger partial charge in [0.25, 0.3) is 0 Å².